The van der Waals surface area contributed by atoms with Gasteiger partial charge in [0.1, 0.15) is 11.3 Å². The van der Waals surface area contributed by atoms with E-state index in [9.17, 15) is 4.39 Å². The van der Waals surface area contributed by atoms with Gasteiger partial charge in [0.2, 0.25) is 0 Å². The van der Waals surface area contributed by atoms with Crippen molar-refractivity contribution in [2.24, 2.45) is 11.8 Å². The zero-order valence-corrected chi connectivity index (χ0v) is 12.0. The predicted molar refractivity (Wildman–Crippen MR) is 75.8 cm³/mol. The van der Waals surface area contributed by atoms with E-state index in [1.54, 1.807) is 6.07 Å². The number of alkyl halides is 1. The van der Waals surface area contributed by atoms with Crippen LogP contribution in [0, 0.1) is 17.7 Å². The van der Waals surface area contributed by atoms with Crippen molar-refractivity contribution in [1.82, 2.24) is 9.55 Å². The van der Waals surface area contributed by atoms with Gasteiger partial charge in [0.05, 0.1) is 10.9 Å². The highest BCUT2D eigenvalue weighted by Crippen LogP contribution is 2.38. The van der Waals surface area contributed by atoms with Crippen LogP contribution in [0.25, 0.3) is 11.0 Å². The summed E-state index contributed by atoms with van der Waals surface area (Å²) in [4.78, 5) is 4.40. The number of rotatable bonds is 4. The number of halogens is 2. The summed E-state index contributed by atoms with van der Waals surface area (Å²) in [6.07, 6.45) is 2.63. The molecular formula is C15H18ClFN2. The molecule has 19 heavy (non-hydrogen) atoms. The van der Waals surface area contributed by atoms with Gasteiger partial charge in [-0.3, -0.25) is 0 Å². The Kier molecular flexibility index (Phi) is 3.25. The van der Waals surface area contributed by atoms with Crippen LogP contribution in [0.2, 0.25) is 0 Å². The third-order valence-corrected chi connectivity index (χ3v) is 4.21. The van der Waals surface area contributed by atoms with Gasteiger partial charge in [-0.15, -0.1) is 11.6 Å². The van der Waals surface area contributed by atoms with Crippen LogP contribution in [0.15, 0.2) is 18.2 Å². The maximum Gasteiger partial charge on any atom is 0.151 e. The van der Waals surface area contributed by atoms with Crippen molar-refractivity contribution in [3.8, 4) is 0 Å². The van der Waals surface area contributed by atoms with E-state index in [0.717, 1.165) is 23.8 Å². The minimum atomic E-state index is -0.270. The molecule has 2 aromatic rings. The quantitative estimate of drug-likeness (QED) is 0.753. The molecule has 1 fully saturated rings. The van der Waals surface area contributed by atoms with Crippen LogP contribution >= 0.6 is 11.6 Å². The molecule has 1 aliphatic carbocycles. The number of aromatic nitrogens is 2. The van der Waals surface area contributed by atoms with Crippen LogP contribution in [-0.2, 0) is 6.54 Å². The highest BCUT2D eigenvalue weighted by molar-refractivity contribution is 6.20. The Morgan fingerprint density at radius 3 is 2.79 bits per heavy atom. The highest BCUT2D eigenvalue weighted by Gasteiger charge is 2.29. The average molecular weight is 281 g/mol. The van der Waals surface area contributed by atoms with Crippen molar-refractivity contribution < 1.29 is 4.39 Å². The number of imidazole rings is 1. The first-order valence-electron chi connectivity index (χ1n) is 6.86. The lowest BCUT2D eigenvalue weighted by molar-refractivity contribution is 0.428. The van der Waals surface area contributed by atoms with Crippen LogP contribution in [0.1, 0.15) is 37.9 Å². The molecule has 0 amide bonds. The number of fused-ring (bicyclic) bond motifs is 1. The first kappa shape index (κ1) is 12.9. The average Bonchev–Trinajstić information content (AvgIpc) is 3.14. The molecule has 0 radical (unpaired) electrons. The van der Waals surface area contributed by atoms with E-state index >= 15 is 0 Å². The zero-order valence-electron chi connectivity index (χ0n) is 11.2. The van der Waals surface area contributed by atoms with Crippen molar-refractivity contribution in [3.05, 3.63) is 29.8 Å². The van der Waals surface area contributed by atoms with Gasteiger partial charge in [-0.2, -0.15) is 0 Å². The Hall–Kier alpha value is -1.09. The lowest BCUT2D eigenvalue weighted by Gasteiger charge is -2.15. The van der Waals surface area contributed by atoms with Crippen LogP contribution in [0.4, 0.5) is 4.39 Å². The lowest BCUT2D eigenvalue weighted by Crippen LogP contribution is -2.12. The minimum absolute atomic E-state index is 0.210. The van der Waals surface area contributed by atoms with E-state index in [1.165, 1.54) is 18.9 Å². The molecule has 1 saturated carbocycles. The van der Waals surface area contributed by atoms with Crippen molar-refractivity contribution >= 4 is 22.6 Å². The Morgan fingerprint density at radius 1 is 1.42 bits per heavy atom. The Morgan fingerprint density at radius 2 is 2.16 bits per heavy atom. The molecule has 1 heterocycles. The molecule has 1 aromatic heterocycles. The smallest absolute Gasteiger partial charge is 0.151 e. The van der Waals surface area contributed by atoms with Gasteiger partial charge < -0.3 is 4.57 Å². The van der Waals surface area contributed by atoms with Gasteiger partial charge in [0, 0.05) is 6.54 Å². The normalized spacial score (nSPS) is 18.7. The number of para-hydroxylation sites is 1. The third-order valence-electron chi connectivity index (χ3n) is 4.01. The molecule has 3 rings (SSSR count). The van der Waals surface area contributed by atoms with E-state index in [1.807, 2.05) is 13.0 Å². The summed E-state index contributed by atoms with van der Waals surface area (Å²) in [7, 11) is 0. The molecule has 0 spiro atoms. The molecule has 2 atom stereocenters. The molecule has 1 aromatic carbocycles. The first-order chi connectivity index (χ1) is 9.08. The van der Waals surface area contributed by atoms with E-state index in [0.29, 0.717) is 11.4 Å². The Labute approximate surface area is 117 Å². The SMILES string of the molecule is CC(Cl)c1nc2c(F)cccc2n1CC(C)C1CC1. The fourth-order valence-corrected chi connectivity index (χ4v) is 2.90. The summed E-state index contributed by atoms with van der Waals surface area (Å²) in [5.74, 6) is 1.91. The number of nitrogens with zero attached hydrogens (tertiary/aromatic N) is 2. The molecular weight excluding hydrogens is 263 g/mol. The maximum absolute atomic E-state index is 13.8. The summed E-state index contributed by atoms with van der Waals surface area (Å²) in [6.45, 7) is 5.02. The summed E-state index contributed by atoms with van der Waals surface area (Å²) < 4.78 is 15.9. The van der Waals surface area contributed by atoms with Crippen LogP contribution < -0.4 is 0 Å². The molecule has 2 nitrogen and oxygen atoms in total. The fourth-order valence-electron chi connectivity index (χ4n) is 2.73. The molecule has 102 valence electrons. The highest BCUT2D eigenvalue weighted by atomic mass is 35.5. The first-order valence-corrected chi connectivity index (χ1v) is 7.30. The zero-order chi connectivity index (χ0) is 13.6. The van der Waals surface area contributed by atoms with Gasteiger partial charge in [-0.25, -0.2) is 9.37 Å². The molecule has 0 saturated heterocycles. The van der Waals surface area contributed by atoms with Crippen molar-refractivity contribution in [2.45, 2.75) is 38.6 Å². The lowest BCUT2D eigenvalue weighted by atomic mass is 10.1. The van der Waals surface area contributed by atoms with Gasteiger partial charge in [-0.05, 0) is 43.7 Å². The van der Waals surface area contributed by atoms with Crippen LogP contribution in [0.5, 0.6) is 0 Å². The Balaban J connectivity index is 2.08. The predicted octanol–water partition coefficient (Wildman–Crippen LogP) is 4.52. The standard InChI is InChI=1S/C15H18ClFN2/c1-9(11-6-7-11)8-19-13-5-3-4-12(17)14(13)18-15(19)10(2)16/h3-5,9-11H,6-8H2,1-2H3. The molecule has 0 N–H and O–H groups in total. The van der Waals surface area contributed by atoms with Crippen molar-refractivity contribution in [1.29, 1.82) is 0 Å². The van der Waals surface area contributed by atoms with Crippen LogP contribution in [-0.4, -0.2) is 9.55 Å². The number of hydrogen-bond acceptors (Lipinski definition) is 1. The van der Waals surface area contributed by atoms with Gasteiger partial charge >= 0.3 is 0 Å². The second-order valence-electron chi connectivity index (χ2n) is 5.62. The van der Waals surface area contributed by atoms with Crippen molar-refractivity contribution in [3.63, 3.8) is 0 Å². The number of hydrogen-bond donors (Lipinski definition) is 0. The van der Waals surface area contributed by atoms with E-state index in [2.05, 4.69) is 16.5 Å². The number of benzene rings is 1. The second-order valence-corrected chi connectivity index (χ2v) is 6.27. The molecule has 2 unspecified atom stereocenters. The van der Waals surface area contributed by atoms with Crippen LogP contribution in [0.3, 0.4) is 0 Å². The van der Waals surface area contributed by atoms with Gasteiger partial charge in [0.15, 0.2) is 5.82 Å². The van der Waals surface area contributed by atoms with E-state index in [-0.39, 0.29) is 11.2 Å². The summed E-state index contributed by atoms with van der Waals surface area (Å²) in [5.41, 5.74) is 1.29. The fraction of sp³-hybridized carbons (Fsp3) is 0.533. The maximum atomic E-state index is 13.8. The monoisotopic (exact) mass is 280 g/mol. The van der Waals surface area contributed by atoms with Gasteiger partial charge in [0.25, 0.3) is 0 Å². The van der Waals surface area contributed by atoms with E-state index < -0.39 is 0 Å². The van der Waals surface area contributed by atoms with Crippen molar-refractivity contribution in [2.75, 3.05) is 0 Å². The molecule has 0 bridgehead atoms. The van der Waals surface area contributed by atoms with Gasteiger partial charge in [-0.1, -0.05) is 13.0 Å². The topological polar surface area (TPSA) is 17.8 Å². The Bertz CT molecular complexity index is 601. The summed E-state index contributed by atoms with van der Waals surface area (Å²) in [6, 6.07) is 5.11. The third kappa shape index (κ3) is 2.36. The molecule has 4 heteroatoms. The summed E-state index contributed by atoms with van der Waals surface area (Å²) in [5, 5.41) is -0.210. The van der Waals surface area contributed by atoms with E-state index in [4.69, 9.17) is 11.6 Å². The largest absolute Gasteiger partial charge is 0.326 e. The second kappa shape index (κ2) is 4.78. The summed E-state index contributed by atoms with van der Waals surface area (Å²) >= 11 is 6.20. The minimum Gasteiger partial charge on any atom is -0.326 e. The molecule has 0 aliphatic heterocycles. The molecule has 1 aliphatic rings.